The second-order valence-corrected chi connectivity index (χ2v) is 5.12. The van der Waals surface area contributed by atoms with Crippen LogP contribution in [0.4, 0.5) is 0 Å². The average molecular weight is 253 g/mol. The van der Waals surface area contributed by atoms with Gasteiger partial charge in [0.15, 0.2) is 0 Å². The molecule has 2 nitrogen and oxygen atoms in total. The predicted molar refractivity (Wildman–Crippen MR) is 77.9 cm³/mol. The fourth-order valence-electron chi connectivity index (χ4n) is 2.47. The molecule has 0 aliphatic carbocycles. The van der Waals surface area contributed by atoms with Crippen LogP contribution in [0.5, 0.6) is 11.5 Å². The molecule has 0 fully saturated rings. The minimum Gasteiger partial charge on any atom is -0.457 e. The van der Waals surface area contributed by atoms with Crippen molar-refractivity contribution in [1.29, 1.82) is 0 Å². The molecule has 0 radical (unpaired) electrons. The summed E-state index contributed by atoms with van der Waals surface area (Å²) in [5.41, 5.74) is 2.57. The van der Waals surface area contributed by atoms with Crippen molar-refractivity contribution in [1.82, 2.24) is 4.90 Å². The molecule has 0 unspecified atom stereocenters. The first-order valence-corrected chi connectivity index (χ1v) is 6.85. The topological polar surface area (TPSA) is 12.5 Å². The second kappa shape index (κ2) is 5.45. The third-order valence-corrected chi connectivity index (χ3v) is 3.69. The Morgan fingerprint density at radius 1 is 0.789 bits per heavy atom. The van der Waals surface area contributed by atoms with E-state index in [9.17, 15) is 0 Å². The molecule has 3 rings (SSSR count). The first-order valence-electron chi connectivity index (χ1n) is 6.85. The summed E-state index contributed by atoms with van der Waals surface area (Å²) in [5.74, 6) is 1.98. The van der Waals surface area contributed by atoms with Crippen LogP contribution in [0.15, 0.2) is 48.5 Å². The molecule has 1 aliphatic heterocycles. The highest BCUT2D eigenvalue weighted by Gasteiger charge is 2.12. The fraction of sp³-hybridized carbons (Fsp3) is 0.294. The van der Waals surface area contributed by atoms with Gasteiger partial charge in [0.1, 0.15) is 11.5 Å². The van der Waals surface area contributed by atoms with E-state index >= 15 is 0 Å². The number of nitrogens with zero attached hydrogens (tertiary/aromatic N) is 1. The standard InChI is InChI=1S/C17H19NO/c1-18-12-10-14-6-2-4-8-16(14)19-17-9-5-3-7-15(17)11-13-18/h2-9H,10-13H2,1H3. The van der Waals surface area contributed by atoms with Crippen molar-refractivity contribution in [2.45, 2.75) is 12.8 Å². The van der Waals surface area contributed by atoms with Gasteiger partial charge in [-0.2, -0.15) is 0 Å². The summed E-state index contributed by atoms with van der Waals surface area (Å²) in [4.78, 5) is 2.39. The summed E-state index contributed by atoms with van der Waals surface area (Å²) in [6.07, 6.45) is 2.07. The Hall–Kier alpha value is -1.80. The minimum atomic E-state index is 0.991. The Morgan fingerprint density at radius 3 is 1.79 bits per heavy atom. The maximum atomic E-state index is 6.13. The van der Waals surface area contributed by atoms with Gasteiger partial charge in [0.25, 0.3) is 0 Å². The predicted octanol–water partition coefficient (Wildman–Crippen LogP) is 3.51. The van der Waals surface area contributed by atoms with Gasteiger partial charge in [-0.3, -0.25) is 0 Å². The van der Waals surface area contributed by atoms with E-state index in [0.29, 0.717) is 0 Å². The zero-order valence-electron chi connectivity index (χ0n) is 11.3. The van der Waals surface area contributed by atoms with Crippen molar-refractivity contribution >= 4 is 0 Å². The molecule has 1 heterocycles. The summed E-state index contributed by atoms with van der Waals surface area (Å²) < 4.78 is 6.13. The van der Waals surface area contributed by atoms with Gasteiger partial charge in [0.2, 0.25) is 0 Å². The molecule has 19 heavy (non-hydrogen) atoms. The van der Waals surface area contributed by atoms with Gasteiger partial charge in [0, 0.05) is 13.1 Å². The van der Waals surface area contributed by atoms with E-state index in [1.807, 2.05) is 12.1 Å². The van der Waals surface area contributed by atoms with Crippen molar-refractivity contribution in [2.24, 2.45) is 0 Å². The van der Waals surface area contributed by atoms with E-state index in [0.717, 1.165) is 37.4 Å². The van der Waals surface area contributed by atoms with Crippen LogP contribution >= 0.6 is 0 Å². The van der Waals surface area contributed by atoms with Gasteiger partial charge >= 0.3 is 0 Å². The lowest BCUT2D eigenvalue weighted by molar-refractivity contribution is 0.335. The van der Waals surface area contributed by atoms with Crippen LogP contribution < -0.4 is 4.74 Å². The molecule has 0 spiro atoms. The highest BCUT2D eigenvalue weighted by molar-refractivity contribution is 5.41. The van der Waals surface area contributed by atoms with Crippen LogP contribution in [0.25, 0.3) is 0 Å². The lowest BCUT2D eigenvalue weighted by Crippen LogP contribution is -2.24. The lowest BCUT2D eigenvalue weighted by Gasteiger charge is -2.21. The van der Waals surface area contributed by atoms with Crippen molar-refractivity contribution in [3.63, 3.8) is 0 Å². The second-order valence-electron chi connectivity index (χ2n) is 5.12. The third kappa shape index (κ3) is 2.79. The van der Waals surface area contributed by atoms with Crippen molar-refractivity contribution in [3.8, 4) is 11.5 Å². The number of fused-ring (bicyclic) bond motifs is 2. The maximum absolute atomic E-state index is 6.13. The Morgan fingerprint density at radius 2 is 1.26 bits per heavy atom. The van der Waals surface area contributed by atoms with Crippen LogP contribution in [0, 0.1) is 0 Å². The molecule has 0 bridgehead atoms. The molecule has 0 aromatic heterocycles. The Balaban J connectivity index is 2.01. The Labute approximate surface area is 114 Å². The first kappa shape index (κ1) is 12.2. The summed E-state index contributed by atoms with van der Waals surface area (Å²) in [6, 6.07) is 16.7. The van der Waals surface area contributed by atoms with Crippen LogP contribution in [0.1, 0.15) is 11.1 Å². The number of ether oxygens (including phenoxy) is 1. The smallest absolute Gasteiger partial charge is 0.130 e. The molecule has 2 aromatic carbocycles. The van der Waals surface area contributed by atoms with Crippen LogP contribution in [0.2, 0.25) is 0 Å². The Bertz CT molecular complexity index is 515. The van der Waals surface area contributed by atoms with Gasteiger partial charge < -0.3 is 9.64 Å². The molecule has 0 saturated heterocycles. The van der Waals surface area contributed by atoms with E-state index in [4.69, 9.17) is 4.74 Å². The lowest BCUT2D eigenvalue weighted by atomic mass is 10.1. The van der Waals surface area contributed by atoms with Gasteiger partial charge in [-0.15, -0.1) is 0 Å². The largest absolute Gasteiger partial charge is 0.457 e. The molecule has 0 atom stereocenters. The monoisotopic (exact) mass is 253 g/mol. The molecule has 0 amide bonds. The quantitative estimate of drug-likeness (QED) is 0.712. The molecule has 0 saturated carbocycles. The summed E-state index contributed by atoms with van der Waals surface area (Å²) in [7, 11) is 2.19. The number of benzene rings is 2. The zero-order chi connectivity index (χ0) is 13.1. The minimum absolute atomic E-state index is 0.991. The van der Waals surface area contributed by atoms with Crippen LogP contribution in [-0.2, 0) is 12.8 Å². The van der Waals surface area contributed by atoms with E-state index in [1.54, 1.807) is 0 Å². The van der Waals surface area contributed by atoms with Gasteiger partial charge in [-0.05, 0) is 43.1 Å². The maximum Gasteiger partial charge on any atom is 0.130 e. The molecule has 2 aromatic rings. The highest BCUT2D eigenvalue weighted by Crippen LogP contribution is 2.29. The molecule has 0 N–H and O–H groups in total. The third-order valence-electron chi connectivity index (χ3n) is 3.69. The van der Waals surface area contributed by atoms with Crippen molar-refractivity contribution < 1.29 is 4.74 Å². The molecular weight excluding hydrogens is 234 g/mol. The van der Waals surface area contributed by atoms with Gasteiger partial charge in [-0.1, -0.05) is 36.4 Å². The van der Waals surface area contributed by atoms with E-state index in [2.05, 4.69) is 48.3 Å². The Kier molecular flexibility index (Phi) is 3.51. The first-order chi connectivity index (χ1) is 9.33. The summed E-state index contributed by atoms with van der Waals surface area (Å²) >= 11 is 0. The van der Waals surface area contributed by atoms with E-state index in [1.165, 1.54) is 11.1 Å². The number of hydrogen-bond donors (Lipinski definition) is 0. The fourth-order valence-corrected chi connectivity index (χ4v) is 2.47. The van der Waals surface area contributed by atoms with E-state index < -0.39 is 0 Å². The van der Waals surface area contributed by atoms with Crippen molar-refractivity contribution in [3.05, 3.63) is 59.7 Å². The number of hydrogen-bond acceptors (Lipinski definition) is 2. The SMILES string of the molecule is CN1CCc2ccccc2Oc2ccccc2CC1. The molecule has 98 valence electrons. The molecular formula is C17H19NO. The normalized spacial score (nSPS) is 16.1. The van der Waals surface area contributed by atoms with Crippen molar-refractivity contribution in [2.75, 3.05) is 20.1 Å². The highest BCUT2D eigenvalue weighted by atomic mass is 16.5. The molecule has 1 aliphatic rings. The van der Waals surface area contributed by atoms with E-state index in [-0.39, 0.29) is 0 Å². The zero-order valence-corrected chi connectivity index (χ0v) is 11.3. The average Bonchev–Trinajstić information content (AvgIpc) is 2.45. The number of rotatable bonds is 0. The van der Waals surface area contributed by atoms with Crippen LogP contribution in [0.3, 0.4) is 0 Å². The van der Waals surface area contributed by atoms with Gasteiger partial charge in [-0.25, -0.2) is 0 Å². The summed E-state index contributed by atoms with van der Waals surface area (Å²) in [5, 5.41) is 0. The number of likely N-dealkylation sites (N-methyl/N-ethyl adjacent to an activating group) is 1. The number of para-hydroxylation sites is 2. The van der Waals surface area contributed by atoms with Gasteiger partial charge in [0.05, 0.1) is 0 Å². The van der Waals surface area contributed by atoms with Crippen LogP contribution in [-0.4, -0.2) is 25.0 Å². The summed E-state index contributed by atoms with van der Waals surface area (Å²) in [6.45, 7) is 2.14. The molecule has 2 heteroatoms.